The van der Waals surface area contributed by atoms with E-state index in [9.17, 15) is 27.6 Å². The topological polar surface area (TPSA) is 100 Å². The number of aromatic nitrogens is 1. The summed E-state index contributed by atoms with van der Waals surface area (Å²) in [6.45, 7) is 1.92. The average molecular weight is 648 g/mol. The van der Waals surface area contributed by atoms with Crippen molar-refractivity contribution in [2.45, 2.75) is 57.3 Å². The first kappa shape index (κ1) is 32.2. The number of carboxylic acid groups (broad SMARTS) is 1. The number of piperidine rings is 1. The zero-order valence-electron chi connectivity index (χ0n) is 24.2. The van der Waals surface area contributed by atoms with Crippen molar-refractivity contribution in [3.05, 3.63) is 76.8 Å². The Hall–Kier alpha value is -4.19. The van der Waals surface area contributed by atoms with Crippen LogP contribution in [0.25, 0.3) is 11.1 Å². The predicted octanol–water partition coefficient (Wildman–Crippen LogP) is 6.55. The SMILES string of the molecule is C[C@H](CC(=O)O)Oc1ccccc1-c1ccc(C(=O)N2CCC(N3C(=O)C(CC(F)(F)F)Cc4ncc(Cl)cc43)CC2)c(F)c1. The maximum Gasteiger partial charge on any atom is 0.389 e. The van der Waals surface area contributed by atoms with Crippen molar-refractivity contribution in [2.24, 2.45) is 5.92 Å². The van der Waals surface area contributed by atoms with E-state index in [2.05, 4.69) is 4.98 Å². The molecule has 0 radical (unpaired) electrons. The zero-order valence-corrected chi connectivity index (χ0v) is 24.9. The van der Waals surface area contributed by atoms with Crippen LogP contribution in [-0.4, -0.2) is 64.2 Å². The van der Waals surface area contributed by atoms with Crippen LogP contribution in [0.3, 0.4) is 0 Å². The average Bonchev–Trinajstić information content (AvgIpc) is 2.97. The lowest BCUT2D eigenvalue weighted by Crippen LogP contribution is -2.53. The number of benzene rings is 2. The highest BCUT2D eigenvalue weighted by atomic mass is 35.5. The van der Waals surface area contributed by atoms with Crippen LogP contribution < -0.4 is 9.64 Å². The van der Waals surface area contributed by atoms with Crippen molar-refractivity contribution in [3.63, 3.8) is 0 Å². The second kappa shape index (κ2) is 13.0. The lowest BCUT2D eigenvalue weighted by atomic mass is 9.89. The van der Waals surface area contributed by atoms with E-state index in [1.807, 2.05) is 0 Å². The molecule has 2 atom stereocenters. The van der Waals surface area contributed by atoms with Gasteiger partial charge in [0.15, 0.2) is 0 Å². The van der Waals surface area contributed by atoms with Crippen LogP contribution in [0.1, 0.15) is 48.7 Å². The quantitative estimate of drug-likeness (QED) is 0.279. The standard InChI is InChI=1S/C32H30ClF4N3O5/c1-18(12-29(41)42)45-28-5-3-2-4-23(28)19-6-7-24(25(34)13-19)31(44)39-10-8-22(9-11-39)40-27-15-21(33)17-38-26(27)14-20(30(40)43)16-32(35,36)37/h2-7,13,15,17-18,20,22H,8-12,14,16H2,1H3,(H,41,42)/t18-,20?/m1/s1. The number of amides is 2. The summed E-state index contributed by atoms with van der Waals surface area (Å²) >= 11 is 6.12. The Kier molecular flexibility index (Phi) is 9.33. The minimum Gasteiger partial charge on any atom is -0.489 e. The van der Waals surface area contributed by atoms with Crippen LogP contribution in [-0.2, 0) is 16.0 Å². The number of pyridine rings is 1. The normalized spacial score (nSPS) is 18.0. The number of rotatable bonds is 8. The van der Waals surface area contributed by atoms with Gasteiger partial charge in [0, 0.05) is 37.3 Å². The number of hydrogen-bond acceptors (Lipinski definition) is 5. The number of ether oxygens (including phenoxy) is 1. The van der Waals surface area contributed by atoms with Gasteiger partial charge < -0.3 is 19.6 Å². The van der Waals surface area contributed by atoms with Gasteiger partial charge in [-0.3, -0.25) is 19.4 Å². The minimum atomic E-state index is -4.53. The molecule has 1 N–H and O–H groups in total. The molecular formula is C32H30ClF4N3O5. The molecule has 2 aromatic carbocycles. The molecule has 1 fully saturated rings. The van der Waals surface area contributed by atoms with Crippen molar-refractivity contribution in [2.75, 3.05) is 18.0 Å². The first-order valence-electron chi connectivity index (χ1n) is 14.4. The van der Waals surface area contributed by atoms with Gasteiger partial charge in [0.25, 0.3) is 5.91 Å². The number of anilines is 1. The summed E-state index contributed by atoms with van der Waals surface area (Å²) in [5, 5.41) is 9.28. The number of nitrogens with zero attached hydrogens (tertiary/aromatic N) is 3. The molecule has 3 aromatic rings. The van der Waals surface area contributed by atoms with E-state index in [1.54, 1.807) is 37.3 Å². The molecular weight excluding hydrogens is 618 g/mol. The van der Waals surface area contributed by atoms with Gasteiger partial charge in [-0.2, -0.15) is 13.2 Å². The lowest BCUT2D eigenvalue weighted by molar-refractivity contribution is -0.153. The molecule has 0 bridgehead atoms. The highest BCUT2D eigenvalue weighted by Crippen LogP contribution is 2.39. The van der Waals surface area contributed by atoms with Crippen LogP contribution in [0, 0.1) is 11.7 Å². The van der Waals surface area contributed by atoms with E-state index in [0.29, 0.717) is 28.3 Å². The summed E-state index contributed by atoms with van der Waals surface area (Å²) in [5.41, 5.74) is 1.54. The van der Waals surface area contributed by atoms with Crippen molar-refractivity contribution in [1.82, 2.24) is 9.88 Å². The van der Waals surface area contributed by atoms with Crippen molar-refractivity contribution in [3.8, 4) is 16.9 Å². The van der Waals surface area contributed by atoms with Crippen molar-refractivity contribution >= 4 is 35.1 Å². The number of para-hydroxylation sites is 1. The Morgan fingerprint density at radius 2 is 1.84 bits per heavy atom. The number of carboxylic acids is 1. The van der Waals surface area contributed by atoms with Crippen LogP contribution in [0.2, 0.25) is 5.02 Å². The Bertz CT molecular complexity index is 1610. The Labute approximate surface area is 261 Å². The van der Waals surface area contributed by atoms with Crippen molar-refractivity contribution in [1.29, 1.82) is 0 Å². The zero-order chi connectivity index (χ0) is 32.5. The molecule has 2 amide bonds. The van der Waals surface area contributed by atoms with Gasteiger partial charge in [0.2, 0.25) is 5.91 Å². The summed E-state index contributed by atoms with van der Waals surface area (Å²) in [4.78, 5) is 44.7. The molecule has 1 saturated heterocycles. The third-order valence-electron chi connectivity index (χ3n) is 7.98. The molecule has 1 aromatic heterocycles. The molecule has 13 heteroatoms. The molecule has 8 nitrogen and oxygen atoms in total. The van der Waals surface area contributed by atoms with E-state index < -0.39 is 54.3 Å². The number of carbonyl (C=O) groups excluding carboxylic acids is 2. The van der Waals surface area contributed by atoms with Gasteiger partial charge in [0.1, 0.15) is 17.7 Å². The minimum absolute atomic E-state index is 0.147. The maximum absolute atomic E-state index is 15.4. The van der Waals surface area contributed by atoms with Gasteiger partial charge in [0.05, 0.1) is 40.7 Å². The second-order valence-electron chi connectivity index (χ2n) is 11.3. The molecule has 2 aliphatic rings. The molecule has 5 rings (SSSR count). The van der Waals surface area contributed by atoms with Gasteiger partial charge >= 0.3 is 12.1 Å². The van der Waals surface area contributed by atoms with E-state index >= 15 is 4.39 Å². The fraction of sp³-hybridized carbons (Fsp3) is 0.375. The summed E-state index contributed by atoms with van der Waals surface area (Å²) in [6, 6.07) is 12.0. The Balaban J connectivity index is 1.30. The molecule has 0 aliphatic carbocycles. The summed E-state index contributed by atoms with van der Waals surface area (Å²) < 4.78 is 61.0. The Morgan fingerprint density at radius 3 is 2.51 bits per heavy atom. The van der Waals surface area contributed by atoms with Crippen LogP contribution in [0.4, 0.5) is 23.2 Å². The van der Waals surface area contributed by atoms with E-state index in [1.165, 1.54) is 34.2 Å². The fourth-order valence-electron chi connectivity index (χ4n) is 5.94. The number of fused-ring (bicyclic) bond motifs is 1. The summed E-state index contributed by atoms with van der Waals surface area (Å²) in [7, 11) is 0. The molecule has 45 heavy (non-hydrogen) atoms. The number of alkyl halides is 3. The van der Waals surface area contributed by atoms with E-state index in [0.717, 1.165) is 0 Å². The molecule has 3 heterocycles. The first-order chi connectivity index (χ1) is 21.3. The molecule has 238 valence electrons. The number of halogens is 5. The van der Waals surface area contributed by atoms with Crippen LogP contribution in [0.5, 0.6) is 5.75 Å². The van der Waals surface area contributed by atoms with Gasteiger partial charge in [-0.05, 0) is 49.6 Å². The highest BCUT2D eigenvalue weighted by Gasteiger charge is 2.44. The van der Waals surface area contributed by atoms with Crippen molar-refractivity contribution < 1.29 is 41.8 Å². The summed E-state index contributed by atoms with van der Waals surface area (Å²) in [6.07, 6.45) is -4.92. The molecule has 0 saturated carbocycles. The van der Waals surface area contributed by atoms with Crippen LogP contribution in [0.15, 0.2) is 54.7 Å². The number of hydrogen-bond donors (Lipinski definition) is 1. The first-order valence-corrected chi connectivity index (χ1v) is 14.8. The predicted molar refractivity (Wildman–Crippen MR) is 158 cm³/mol. The third kappa shape index (κ3) is 7.38. The molecule has 1 unspecified atom stereocenters. The van der Waals surface area contributed by atoms with Gasteiger partial charge in [-0.15, -0.1) is 0 Å². The lowest BCUT2D eigenvalue weighted by Gasteiger charge is -2.42. The molecule has 0 spiro atoms. The smallest absolute Gasteiger partial charge is 0.389 e. The number of carbonyl (C=O) groups is 3. The van der Waals surface area contributed by atoms with E-state index in [4.69, 9.17) is 21.4 Å². The number of aliphatic carboxylic acids is 1. The summed E-state index contributed by atoms with van der Waals surface area (Å²) in [5.74, 6) is -3.93. The molecule has 2 aliphatic heterocycles. The largest absolute Gasteiger partial charge is 0.489 e. The Morgan fingerprint density at radius 1 is 1.13 bits per heavy atom. The monoisotopic (exact) mass is 647 g/mol. The van der Waals surface area contributed by atoms with Gasteiger partial charge in [-0.1, -0.05) is 35.9 Å². The van der Waals surface area contributed by atoms with E-state index in [-0.39, 0.29) is 49.4 Å². The van der Waals surface area contributed by atoms with Crippen LogP contribution >= 0.6 is 11.6 Å². The number of likely N-dealkylation sites (tertiary alicyclic amines) is 1. The maximum atomic E-state index is 15.4. The fourth-order valence-corrected chi connectivity index (χ4v) is 6.09. The van der Waals surface area contributed by atoms with Gasteiger partial charge in [-0.25, -0.2) is 4.39 Å². The highest BCUT2D eigenvalue weighted by molar-refractivity contribution is 6.30. The third-order valence-corrected chi connectivity index (χ3v) is 8.19. The second-order valence-corrected chi connectivity index (χ2v) is 11.7.